The van der Waals surface area contributed by atoms with Crippen LogP contribution in [0.1, 0.15) is 30.6 Å². The molecule has 1 aliphatic carbocycles. The first-order chi connectivity index (χ1) is 14.1. The fourth-order valence-corrected chi connectivity index (χ4v) is 4.34. The summed E-state index contributed by atoms with van der Waals surface area (Å²) < 4.78 is 3.27. The lowest BCUT2D eigenvalue weighted by atomic mass is 10.1. The summed E-state index contributed by atoms with van der Waals surface area (Å²) in [4.78, 5) is 30.6. The second-order valence-corrected chi connectivity index (χ2v) is 8.09. The van der Waals surface area contributed by atoms with Crippen LogP contribution in [-0.2, 0) is 17.6 Å². The molecule has 0 fully saturated rings. The molecule has 3 heterocycles. The van der Waals surface area contributed by atoms with E-state index < -0.39 is 6.04 Å². The van der Waals surface area contributed by atoms with E-state index in [0.717, 1.165) is 46.7 Å². The first-order valence-electron chi connectivity index (χ1n) is 9.53. The number of carbonyl (C=O) groups excluding carboxylic acids is 1. The SMILES string of the molecule is CC(C(=O)Nc1ccc(-c2cn3ccsc3n2)cc1)n1nc2c(cc1=O)CCC2. The highest BCUT2D eigenvalue weighted by atomic mass is 32.1. The summed E-state index contributed by atoms with van der Waals surface area (Å²) >= 11 is 1.58. The molecule has 0 bridgehead atoms. The molecule has 0 saturated carbocycles. The molecule has 1 atom stereocenters. The highest BCUT2D eigenvalue weighted by Crippen LogP contribution is 2.23. The van der Waals surface area contributed by atoms with Crippen molar-refractivity contribution < 1.29 is 4.79 Å². The van der Waals surface area contributed by atoms with Crippen molar-refractivity contribution in [2.75, 3.05) is 5.32 Å². The van der Waals surface area contributed by atoms with Crippen LogP contribution < -0.4 is 10.9 Å². The Hall–Kier alpha value is -3.26. The van der Waals surface area contributed by atoms with Gasteiger partial charge in [0, 0.05) is 35.1 Å². The molecule has 0 saturated heterocycles. The van der Waals surface area contributed by atoms with Crippen LogP contribution in [0.5, 0.6) is 0 Å². The standard InChI is InChI=1S/C21H19N5O2S/c1-13(26-19(27)11-15-3-2-4-17(15)24-26)20(28)22-16-7-5-14(6-8-16)18-12-25-9-10-29-21(25)23-18/h5-13H,2-4H2,1H3,(H,22,28). The fraction of sp³-hybridized carbons (Fsp3) is 0.238. The average Bonchev–Trinajstić information content (AvgIpc) is 3.43. The summed E-state index contributed by atoms with van der Waals surface area (Å²) in [5.41, 5.74) is 4.23. The third kappa shape index (κ3) is 3.25. The Bertz CT molecular complexity index is 1240. The summed E-state index contributed by atoms with van der Waals surface area (Å²) in [6, 6.07) is 8.45. The lowest BCUT2D eigenvalue weighted by Crippen LogP contribution is -2.33. The third-order valence-electron chi connectivity index (χ3n) is 5.27. The van der Waals surface area contributed by atoms with Crippen molar-refractivity contribution in [3.05, 3.63) is 69.7 Å². The van der Waals surface area contributed by atoms with Gasteiger partial charge in [-0.3, -0.25) is 14.0 Å². The maximum Gasteiger partial charge on any atom is 0.267 e. The quantitative estimate of drug-likeness (QED) is 0.565. The molecule has 29 heavy (non-hydrogen) atoms. The van der Waals surface area contributed by atoms with E-state index in [1.54, 1.807) is 24.3 Å². The molecule has 5 rings (SSSR count). The molecular formula is C21H19N5O2S. The van der Waals surface area contributed by atoms with Crippen molar-refractivity contribution in [1.29, 1.82) is 0 Å². The van der Waals surface area contributed by atoms with Gasteiger partial charge in [-0.05, 0) is 43.9 Å². The number of nitrogens with one attached hydrogen (secondary N) is 1. The largest absolute Gasteiger partial charge is 0.324 e. The number of fused-ring (bicyclic) bond motifs is 2. The molecule has 7 nitrogen and oxygen atoms in total. The molecule has 0 spiro atoms. The van der Waals surface area contributed by atoms with Gasteiger partial charge in [0.2, 0.25) is 5.91 Å². The van der Waals surface area contributed by atoms with Gasteiger partial charge in [-0.2, -0.15) is 5.10 Å². The zero-order valence-electron chi connectivity index (χ0n) is 15.8. The van der Waals surface area contributed by atoms with E-state index in [0.29, 0.717) is 5.69 Å². The summed E-state index contributed by atoms with van der Waals surface area (Å²) in [6.07, 6.45) is 6.71. The van der Waals surface area contributed by atoms with Crippen LogP contribution in [0.3, 0.4) is 0 Å². The Morgan fingerprint density at radius 3 is 2.86 bits per heavy atom. The number of anilines is 1. The summed E-state index contributed by atoms with van der Waals surface area (Å²) in [5, 5.41) is 9.28. The summed E-state index contributed by atoms with van der Waals surface area (Å²) in [7, 11) is 0. The maximum atomic E-state index is 12.7. The minimum atomic E-state index is -0.687. The van der Waals surface area contributed by atoms with Gasteiger partial charge in [-0.25, -0.2) is 9.67 Å². The van der Waals surface area contributed by atoms with Gasteiger partial charge in [0.1, 0.15) is 6.04 Å². The highest BCUT2D eigenvalue weighted by molar-refractivity contribution is 7.15. The van der Waals surface area contributed by atoms with Crippen LogP contribution in [-0.4, -0.2) is 25.1 Å². The van der Waals surface area contributed by atoms with Crippen molar-refractivity contribution in [3.8, 4) is 11.3 Å². The molecule has 1 aliphatic rings. The van der Waals surface area contributed by atoms with Crippen LogP contribution in [0.4, 0.5) is 5.69 Å². The second-order valence-electron chi connectivity index (χ2n) is 7.21. The number of hydrogen-bond acceptors (Lipinski definition) is 5. The summed E-state index contributed by atoms with van der Waals surface area (Å²) in [6.45, 7) is 1.69. The van der Waals surface area contributed by atoms with Crippen LogP contribution in [0.15, 0.2) is 52.9 Å². The Kier molecular flexibility index (Phi) is 4.28. The van der Waals surface area contributed by atoms with Gasteiger partial charge >= 0.3 is 0 Å². The number of benzene rings is 1. The number of thiazole rings is 1. The average molecular weight is 405 g/mol. The predicted octanol–water partition coefficient (Wildman–Crippen LogP) is 3.31. The number of hydrogen-bond donors (Lipinski definition) is 1. The number of aryl methyl sites for hydroxylation is 2. The predicted molar refractivity (Wildman–Crippen MR) is 112 cm³/mol. The van der Waals surface area contributed by atoms with E-state index in [9.17, 15) is 9.59 Å². The number of carbonyl (C=O) groups is 1. The Morgan fingerprint density at radius 1 is 1.24 bits per heavy atom. The first kappa shape index (κ1) is 17.8. The van der Waals surface area contributed by atoms with Crippen molar-refractivity contribution in [3.63, 3.8) is 0 Å². The van der Waals surface area contributed by atoms with E-state index in [1.807, 2.05) is 46.4 Å². The second kappa shape index (κ2) is 6.97. The molecule has 0 aliphatic heterocycles. The molecule has 1 aromatic carbocycles. The molecule has 8 heteroatoms. The molecule has 146 valence electrons. The molecule has 1 unspecified atom stereocenters. The van der Waals surface area contributed by atoms with Crippen LogP contribution in [0.25, 0.3) is 16.2 Å². The Balaban J connectivity index is 1.33. The van der Waals surface area contributed by atoms with Crippen molar-refractivity contribution in [2.24, 2.45) is 0 Å². The van der Waals surface area contributed by atoms with Crippen molar-refractivity contribution in [1.82, 2.24) is 19.2 Å². The number of imidazole rings is 1. The van der Waals surface area contributed by atoms with Gasteiger partial charge < -0.3 is 5.32 Å². The van der Waals surface area contributed by atoms with Crippen molar-refractivity contribution >= 4 is 27.9 Å². The van der Waals surface area contributed by atoms with Gasteiger partial charge in [0.15, 0.2) is 4.96 Å². The van der Waals surface area contributed by atoms with E-state index in [2.05, 4.69) is 15.4 Å². The lowest BCUT2D eigenvalue weighted by Gasteiger charge is -2.15. The van der Waals surface area contributed by atoms with E-state index >= 15 is 0 Å². The van der Waals surface area contributed by atoms with E-state index in [4.69, 9.17) is 0 Å². The number of amides is 1. The zero-order chi connectivity index (χ0) is 20.0. The number of aromatic nitrogens is 4. The summed E-state index contributed by atoms with van der Waals surface area (Å²) in [5.74, 6) is -0.271. The Labute approximate surface area is 170 Å². The van der Waals surface area contributed by atoms with Crippen LogP contribution in [0.2, 0.25) is 0 Å². The van der Waals surface area contributed by atoms with Gasteiger partial charge in [-0.1, -0.05) is 12.1 Å². The smallest absolute Gasteiger partial charge is 0.267 e. The monoisotopic (exact) mass is 405 g/mol. The Morgan fingerprint density at radius 2 is 2.07 bits per heavy atom. The highest BCUT2D eigenvalue weighted by Gasteiger charge is 2.21. The minimum Gasteiger partial charge on any atom is -0.324 e. The normalized spacial score (nSPS) is 14.1. The van der Waals surface area contributed by atoms with Crippen molar-refractivity contribution in [2.45, 2.75) is 32.2 Å². The molecule has 1 amide bonds. The maximum absolute atomic E-state index is 12.7. The molecule has 4 aromatic rings. The molecule has 1 N–H and O–H groups in total. The van der Waals surface area contributed by atoms with Gasteiger partial charge in [0.05, 0.1) is 11.4 Å². The van der Waals surface area contributed by atoms with Crippen LogP contribution in [0, 0.1) is 0 Å². The topological polar surface area (TPSA) is 81.3 Å². The fourth-order valence-electron chi connectivity index (χ4n) is 3.64. The zero-order valence-corrected chi connectivity index (χ0v) is 16.6. The van der Waals surface area contributed by atoms with Crippen LogP contribution >= 0.6 is 11.3 Å². The number of nitrogens with zero attached hydrogens (tertiary/aromatic N) is 4. The van der Waals surface area contributed by atoms with Gasteiger partial charge in [0.25, 0.3) is 5.56 Å². The molecule has 0 radical (unpaired) electrons. The lowest BCUT2D eigenvalue weighted by molar-refractivity contribution is -0.119. The van der Waals surface area contributed by atoms with E-state index in [-0.39, 0.29) is 11.5 Å². The minimum absolute atomic E-state index is 0.233. The van der Waals surface area contributed by atoms with Gasteiger partial charge in [-0.15, -0.1) is 11.3 Å². The third-order valence-corrected chi connectivity index (χ3v) is 6.04. The first-order valence-corrected chi connectivity index (χ1v) is 10.4. The van der Waals surface area contributed by atoms with E-state index in [1.165, 1.54) is 4.68 Å². The number of rotatable bonds is 4. The molecular weight excluding hydrogens is 386 g/mol. The molecule has 3 aromatic heterocycles.